The van der Waals surface area contributed by atoms with Crippen LogP contribution < -0.4 is 9.80 Å². The Labute approximate surface area is 210 Å². The Bertz CT molecular complexity index is 868. The monoisotopic (exact) mass is 476 g/mol. The molecule has 0 aliphatic carbocycles. The number of unbranched alkanes of at least 4 members (excludes halogenated alkanes) is 11. The van der Waals surface area contributed by atoms with Crippen LogP contribution in [0.4, 0.5) is 16.2 Å². The summed E-state index contributed by atoms with van der Waals surface area (Å²) in [5, 5.41) is 0. The normalized spacial score (nSPS) is 14.7. The van der Waals surface area contributed by atoms with Crippen LogP contribution in [0.15, 0.2) is 60.7 Å². The van der Waals surface area contributed by atoms with Gasteiger partial charge in [0.1, 0.15) is 5.92 Å². The minimum atomic E-state index is -0.837. The lowest BCUT2D eigenvalue weighted by atomic mass is 9.94. The number of carbonyl (C=O) groups is 3. The summed E-state index contributed by atoms with van der Waals surface area (Å²) in [7, 11) is 0. The number of hydrogen-bond acceptors (Lipinski definition) is 3. The maximum atomic E-state index is 13.3. The highest BCUT2D eigenvalue weighted by atomic mass is 16.2. The molecule has 4 amide bonds. The molecule has 0 aromatic heterocycles. The second-order valence-corrected chi connectivity index (χ2v) is 9.53. The third-order valence-corrected chi connectivity index (χ3v) is 6.79. The molecule has 5 heteroatoms. The fourth-order valence-corrected chi connectivity index (χ4v) is 4.77. The lowest BCUT2D eigenvalue weighted by Crippen LogP contribution is -2.60. The molecule has 35 heavy (non-hydrogen) atoms. The molecule has 188 valence electrons. The van der Waals surface area contributed by atoms with E-state index in [0.717, 1.165) is 19.3 Å². The second-order valence-electron chi connectivity index (χ2n) is 9.53. The number of carbonyl (C=O) groups excluding carboxylic acids is 3. The smallest absolute Gasteiger partial charge is 0.273 e. The Morgan fingerprint density at radius 3 is 1.31 bits per heavy atom. The van der Waals surface area contributed by atoms with E-state index in [9.17, 15) is 14.4 Å². The molecule has 3 rings (SSSR count). The second kappa shape index (κ2) is 14.4. The highest BCUT2D eigenvalue weighted by Gasteiger charge is 2.46. The van der Waals surface area contributed by atoms with Gasteiger partial charge in [0.15, 0.2) is 0 Å². The summed E-state index contributed by atoms with van der Waals surface area (Å²) >= 11 is 0. The van der Waals surface area contributed by atoms with Crippen molar-refractivity contribution in [3.05, 3.63) is 60.7 Å². The maximum Gasteiger partial charge on any atom is 0.342 e. The minimum absolute atomic E-state index is 0.415. The Kier molecular flexibility index (Phi) is 11.0. The largest absolute Gasteiger partial charge is 0.342 e. The van der Waals surface area contributed by atoms with Crippen molar-refractivity contribution < 1.29 is 14.4 Å². The predicted molar refractivity (Wildman–Crippen MR) is 142 cm³/mol. The standard InChI is InChI=1S/C30H40N2O3/c1-2-3-4-5-6-7-8-9-10-11-12-19-24-27-28(33)31(25-20-15-13-16-21-25)30(35)32(29(27)34)26-22-17-14-18-23-26/h13-18,20-23,27H,2-12,19,24H2,1H3. The molecular weight excluding hydrogens is 436 g/mol. The summed E-state index contributed by atoms with van der Waals surface area (Å²) in [6.45, 7) is 2.25. The molecule has 5 nitrogen and oxygen atoms in total. The van der Waals surface area contributed by atoms with Crippen LogP contribution in [0.5, 0.6) is 0 Å². The van der Waals surface area contributed by atoms with Gasteiger partial charge in [-0.05, 0) is 30.7 Å². The van der Waals surface area contributed by atoms with E-state index in [4.69, 9.17) is 0 Å². The summed E-state index contributed by atoms with van der Waals surface area (Å²) in [6, 6.07) is 17.2. The molecule has 0 N–H and O–H groups in total. The van der Waals surface area contributed by atoms with Gasteiger partial charge in [-0.3, -0.25) is 9.59 Å². The highest BCUT2D eigenvalue weighted by molar-refractivity contribution is 6.36. The van der Waals surface area contributed by atoms with Gasteiger partial charge in [-0.2, -0.15) is 0 Å². The Hall–Kier alpha value is -2.95. The number of barbiturate groups is 1. The molecule has 1 aliphatic heterocycles. The third kappa shape index (κ3) is 7.51. The fourth-order valence-electron chi connectivity index (χ4n) is 4.77. The van der Waals surface area contributed by atoms with Gasteiger partial charge < -0.3 is 0 Å². The molecular formula is C30H40N2O3. The quantitative estimate of drug-likeness (QED) is 0.194. The van der Waals surface area contributed by atoms with Crippen LogP contribution in [0.3, 0.4) is 0 Å². The number of rotatable bonds is 15. The number of hydrogen-bond donors (Lipinski definition) is 0. The summed E-state index contributed by atoms with van der Waals surface area (Å²) in [6.07, 6.45) is 15.2. The number of para-hydroxylation sites is 2. The zero-order chi connectivity index (χ0) is 24.9. The summed E-state index contributed by atoms with van der Waals surface area (Å²) < 4.78 is 0. The summed E-state index contributed by atoms with van der Waals surface area (Å²) in [4.78, 5) is 42.2. The third-order valence-electron chi connectivity index (χ3n) is 6.79. The lowest BCUT2D eigenvalue weighted by molar-refractivity contribution is -0.133. The number of imide groups is 2. The molecule has 2 aromatic carbocycles. The van der Waals surface area contributed by atoms with Gasteiger partial charge >= 0.3 is 6.03 Å². The molecule has 0 radical (unpaired) electrons. The van der Waals surface area contributed by atoms with Gasteiger partial charge in [0.25, 0.3) is 0 Å². The molecule has 0 atom stereocenters. The lowest BCUT2D eigenvalue weighted by Gasteiger charge is -2.37. The van der Waals surface area contributed by atoms with Gasteiger partial charge in [-0.1, -0.05) is 120 Å². The molecule has 1 aliphatic rings. The average molecular weight is 477 g/mol. The fraction of sp³-hybridized carbons (Fsp3) is 0.500. The van der Waals surface area contributed by atoms with Gasteiger partial charge in [0.2, 0.25) is 11.8 Å². The number of nitrogens with zero attached hydrogens (tertiary/aromatic N) is 2. The van der Waals surface area contributed by atoms with Gasteiger partial charge in [-0.25, -0.2) is 14.6 Å². The van der Waals surface area contributed by atoms with Crippen molar-refractivity contribution in [3.8, 4) is 0 Å². The SMILES string of the molecule is CCCCCCCCCCCCCCC1C(=O)N(c2ccccc2)C(=O)N(c2ccccc2)C1=O. The van der Waals surface area contributed by atoms with E-state index in [1.165, 1.54) is 67.6 Å². The van der Waals surface area contributed by atoms with E-state index in [2.05, 4.69) is 6.92 Å². The molecule has 0 spiro atoms. The van der Waals surface area contributed by atoms with E-state index in [0.29, 0.717) is 17.8 Å². The van der Waals surface area contributed by atoms with Crippen LogP contribution in [0.1, 0.15) is 90.4 Å². The number of amides is 4. The van der Waals surface area contributed by atoms with Crippen LogP contribution >= 0.6 is 0 Å². The van der Waals surface area contributed by atoms with Gasteiger partial charge in [-0.15, -0.1) is 0 Å². The molecule has 1 heterocycles. The van der Waals surface area contributed by atoms with Crippen molar-refractivity contribution in [1.29, 1.82) is 0 Å². The minimum Gasteiger partial charge on any atom is -0.273 e. The number of urea groups is 1. The molecule has 1 fully saturated rings. The highest BCUT2D eigenvalue weighted by Crippen LogP contribution is 2.31. The maximum absolute atomic E-state index is 13.3. The first-order valence-electron chi connectivity index (χ1n) is 13.5. The van der Waals surface area contributed by atoms with Crippen molar-refractivity contribution in [2.24, 2.45) is 5.92 Å². The van der Waals surface area contributed by atoms with E-state index in [1.54, 1.807) is 48.5 Å². The molecule has 0 bridgehead atoms. The predicted octanol–water partition coefficient (Wildman–Crippen LogP) is 7.89. The van der Waals surface area contributed by atoms with Crippen molar-refractivity contribution in [2.45, 2.75) is 90.4 Å². The topological polar surface area (TPSA) is 57.7 Å². The Morgan fingerprint density at radius 2 is 0.914 bits per heavy atom. The van der Waals surface area contributed by atoms with E-state index in [-0.39, 0.29) is 0 Å². The van der Waals surface area contributed by atoms with E-state index in [1.807, 2.05) is 12.1 Å². The molecule has 0 unspecified atom stereocenters. The average Bonchev–Trinajstić information content (AvgIpc) is 2.88. The van der Waals surface area contributed by atoms with E-state index < -0.39 is 23.8 Å². The van der Waals surface area contributed by atoms with Crippen molar-refractivity contribution in [3.63, 3.8) is 0 Å². The van der Waals surface area contributed by atoms with Crippen molar-refractivity contribution in [2.75, 3.05) is 9.80 Å². The van der Waals surface area contributed by atoms with Crippen LogP contribution in [0, 0.1) is 5.92 Å². The molecule has 1 saturated heterocycles. The molecule has 0 saturated carbocycles. The number of benzene rings is 2. The van der Waals surface area contributed by atoms with Crippen LogP contribution in [-0.2, 0) is 9.59 Å². The van der Waals surface area contributed by atoms with Crippen molar-refractivity contribution in [1.82, 2.24) is 0 Å². The first-order valence-corrected chi connectivity index (χ1v) is 13.5. The zero-order valence-electron chi connectivity index (χ0n) is 21.2. The Morgan fingerprint density at radius 1 is 0.543 bits per heavy atom. The van der Waals surface area contributed by atoms with Crippen LogP contribution in [0.2, 0.25) is 0 Å². The first-order chi connectivity index (χ1) is 17.1. The first kappa shape index (κ1) is 26.7. The van der Waals surface area contributed by atoms with Crippen LogP contribution in [0.25, 0.3) is 0 Å². The van der Waals surface area contributed by atoms with Crippen LogP contribution in [-0.4, -0.2) is 17.8 Å². The van der Waals surface area contributed by atoms with Crippen molar-refractivity contribution >= 4 is 29.2 Å². The molecule has 2 aromatic rings. The summed E-state index contributed by atoms with van der Waals surface area (Å²) in [5.41, 5.74) is 0.992. The summed E-state index contributed by atoms with van der Waals surface area (Å²) in [5.74, 6) is -1.67. The van der Waals surface area contributed by atoms with Gasteiger partial charge in [0.05, 0.1) is 11.4 Å². The van der Waals surface area contributed by atoms with E-state index >= 15 is 0 Å². The zero-order valence-corrected chi connectivity index (χ0v) is 21.2. The van der Waals surface area contributed by atoms with Gasteiger partial charge in [0, 0.05) is 0 Å². The Balaban J connectivity index is 1.52. The number of anilines is 2.